The molecule has 1 atom stereocenters. The molecule has 8 heteroatoms. The Labute approximate surface area is 83.7 Å². The number of nitro groups is 1. The molecule has 0 fully saturated rings. The van der Waals surface area contributed by atoms with Gasteiger partial charge in [0.15, 0.2) is 0 Å². The monoisotopic (exact) mass is 221 g/mol. The summed E-state index contributed by atoms with van der Waals surface area (Å²) in [5.74, 6) is -0.389. The summed E-state index contributed by atoms with van der Waals surface area (Å²) in [6.45, 7) is -0.474. The van der Waals surface area contributed by atoms with Crippen LogP contribution >= 0.6 is 11.6 Å². The second kappa shape index (κ2) is 4.36. The topological polar surface area (TPSA) is 101 Å². The van der Waals surface area contributed by atoms with Gasteiger partial charge in [-0.3, -0.25) is 4.57 Å². The zero-order chi connectivity index (χ0) is 10.7. The number of rotatable bonds is 4. The minimum absolute atomic E-state index is 0.0316. The standard InChI is InChI=1S/C6H8ClN3O4/c7-6-8-5(10(13)14)2-9(6)1-4(12)3-11/h2,4,11-12H,1,3H2/t4-/m1/s1. The van der Waals surface area contributed by atoms with Crippen LogP contribution in [0, 0.1) is 10.1 Å². The van der Waals surface area contributed by atoms with E-state index in [1.807, 2.05) is 0 Å². The lowest BCUT2D eigenvalue weighted by Crippen LogP contribution is -2.19. The Morgan fingerprint density at radius 2 is 2.43 bits per heavy atom. The third-order valence-electron chi connectivity index (χ3n) is 1.52. The molecule has 0 aliphatic heterocycles. The molecule has 2 N–H and O–H groups in total. The number of aliphatic hydroxyl groups is 2. The average molecular weight is 222 g/mol. The number of hydrogen-bond acceptors (Lipinski definition) is 5. The van der Waals surface area contributed by atoms with Crippen LogP contribution in [-0.2, 0) is 6.54 Å². The van der Waals surface area contributed by atoms with Crippen molar-refractivity contribution in [2.45, 2.75) is 12.6 Å². The lowest BCUT2D eigenvalue weighted by Gasteiger charge is -2.05. The predicted octanol–water partition coefficient (Wildman–Crippen LogP) is -0.202. The molecule has 0 aliphatic carbocycles. The number of nitrogens with zero attached hydrogens (tertiary/aromatic N) is 3. The molecule has 0 aliphatic rings. The van der Waals surface area contributed by atoms with Gasteiger partial charge in [0.05, 0.1) is 19.3 Å². The van der Waals surface area contributed by atoms with E-state index in [-0.39, 0.29) is 17.6 Å². The van der Waals surface area contributed by atoms with Crippen LogP contribution in [0.5, 0.6) is 0 Å². The summed E-state index contributed by atoms with van der Waals surface area (Å²) < 4.78 is 1.20. The van der Waals surface area contributed by atoms with Crippen molar-refractivity contribution in [2.24, 2.45) is 0 Å². The first kappa shape index (κ1) is 10.9. The molecule has 7 nitrogen and oxygen atoms in total. The van der Waals surface area contributed by atoms with Crippen molar-refractivity contribution in [1.29, 1.82) is 0 Å². The van der Waals surface area contributed by atoms with Gasteiger partial charge in [-0.15, -0.1) is 0 Å². The molecular weight excluding hydrogens is 214 g/mol. The van der Waals surface area contributed by atoms with Gasteiger partial charge in [0, 0.05) is 0 Å². The molecule has 1 heterocycles. The Bertz CT molecular complexity index is 340. The maximum Gasteiger partial charge on any atom is 0.383 e. The summed E-state index contributed by atoms with van der Waals surface area (Å²) in [6.07, 6.45) is 0.0857. The van der Waals surface area contributed by atoms with Gasteiger partial charge in [0.2, 0.25) is 0 Å². The van der Waals surface area contributed by atoms with E-state index < -0.39 is 17.6 Å². The van der Waals surface area contributed by atoms with Crippen molar-refractivity contribution in [1.82, 2.24) is 9.55 Å². The molecule has 0 saturated carbocycles. The van der Waals surface area contributed by atoms with Crippen LogP contribution in [0.25, 0.3) is 0 Å². The molecule has 0 spiro atoms. The molecule has 78 valence electrons. The second-order valence-electron chi connectivity index (χ2n) is 2.61. The van der Waals surface area contributed by atoms with Crippen LogP contribution in [0.15, 0.2) is 6.20 Å². The Balaban J connectivity index is 2.82. The smallest absolute Gasteiger partial charge is 0.383 e. The summed E-state index contributed by atoms with van der Waals surface area (Å²) in [5, 5.41) is 27.8. The fourth-order valence-electron chi connectivity index (χ4n) is 0.881. The SMILES string of the molecule is O=[N+]([O-])c1cn(C[C@@H](O)CO)c(Cl)n1. The maximum absolute atomic E-state index is 10.3. The summed E-state index contributed by atoms with van der Waals surface area (Å²) >= 11 is 5.54. The lowest BCUT2D eigenvalue weighted by atomic mass is 10.4. The fourth-order valence-corrected chi connectivity index (χ4v) is 1.09. The number of hydrogen-bond donors (Lipinski definition) is 2. The van der Waals surface area contributed by atoms with E-state index in [4.69, 9.17) is 21.8 Å². The van der Waals surface area contributed by atoms with Crippen LogP contribution in [0.3, 0.4) is 0 Å². The molecule has 1 aromatic rings. The number of halogens is 1. The Hall–Kier alpha value is -1.18. The molecule has 1 aromatic heterocycles. The van der Waals surface area contributed by atoms with E-state index >= 15 is 0 Å². The highest BCUT2D eigenvalue weighted by Crippen LogP contribution is 2.15. The van der Waals surface area contributed by atoms with Crippen molar-refractivity contribution in [3.63, 3.8) is 0 Å². The molecular formula is C6H8ClN3O4. The zero-order valence-corrected chi connectivity index (χ0v) is 7.76. The quantitative estimate of drug-likeness (QED) is 0.542. The molecule has 0 bridgehead atoms. The third kappa shape index (κ3) is 2.41. The van der Waals surface area contributed by atoms with E-state index in [0.717, 1.165) is 6.20 Å². The third-order valence-corrected chi connectivity index (χ3v) is 1.82. The Morgan fingerprint density at radius 1 is 1.79 bits per heavy atom. The van der Waals surface area contributed by atoms with Gasteiger partial charge in [0.25, 0.3) is 0 Å². The molecule has 14 heavy (non-hydrogen) atoms. The zero-order valence-electron chi connectivity index (χ0n) is 7.00. The van der Waals surface area contributed by atoms with E-state index in [1.54, 1.807) is 0 Å². The van der Waals surface area contributed by atoms with Crippen molar-refractivity contribution in [3.05, 3.63) is 21.6 Å². The highest BCUT2D eigenvalue weighted by atomic mass is 35.5. The van der Waals surface area contributed by atoms with Gasteiger partial charge >= 0.3 is 11.1 Å². The molecule has 0 amide bonds. The fraction of sp³-hybridized carbons (Fsp3) is 0.500. The molecule has 0 unspecified atom stereocenters. The maximum atomic E-state index is 10.3. The molecule has 0 radical (unpaired) electrons. The van der Waals surface area contributed by atoms with Crippen molar-refractivity contribution < 1.29 is 15.1 Å². The first-order chi connectivity index (χ1) is 6.54. The highest BCUT2D eigenvalue weighted by molar-refractivity contribution is 6.28. The minimum Gasteiger partial charge on any atom is -0.394 e. The Kier molecular flexibility index (Phi) is 3.39. The first-order valence-electron chi connectivity index (χ1n) is 3.70. The summed E-state index contributed by atoms with van der Waals surface area (Å²) in [5.41, 5.74) is 0. The van der Waals surface area contributed by atoms with E-state index in [2.05, 4.69) is 4.98 Å². The van der Waals surface area contributed by atoms with Gasteiger partial charge in [-0.2, -0.15) is 0 Å². The van der Waals surface area contributed by atoms with E-state index in [1.165, 1.54) is 4.57 Å². The van der Waals surface area contributed by atoms with E-state index in [0.29, 0.717) is 0 Å². The lowest BCUT2D eigenvalue weighted by molar-refractivity contribution is -0.389. The second-order valence-corrected chi connectivity index (χ2v) is 2.95. The van der Waals surface area contributed by atoms with E-state index in [9.17, 15) is 10.1 Å². The van der Waals surface area contributed by atoms with Gasteiger partial charge in [0.1, 0.15) is 6.20 Å². The number of imidazole rings is 1. The molecule has 0 saturated heterocycles. The number of aliphatic hydroxyl groups excluding tert-OH is 2. The highest BCUT2D eigenvalue weighted by Gasteiger charge is 2.18. The molecule has 1 rings (SSSR count). The van der Waals surface area contributed by atoms with Gasteiger partial charge in [-0.05, 0) is 21.5 Å². The van der Waals surface area contributed by atoms with Gasteiger partial charge < -0.3 is 20.3 Å². The summed E-state index contributed by atoms with van der Waals surface area (Å²) in [4.78, 5) is 13.0. The van der Waals surface area contributed by atoms with Crippen molar-refractivity contribution >= 4 is 17.4 Å². The van der Waals surface area contributed by atoms with Crippen LogP contribution < -0.4 is 0 Å². The van der Waals surface area contributed by atoms with Crippen LogP contribution in [0.4, 0.5) is 5.82 Å². The van der Waals surface area contributed by atoms with Gasteiger partial charge in [-0.1, -0.05) is 0 Å². The first-order valence-corrected chi connectivity index (χ1v) is 4.08. The predicted molar refractivity (Wildman–Crippen MR) is 47.0 cm³/mol. The number of aromatic nitrogens is 2. The normalized spacial score (nSPS) is 12.8. The van der Waals surface area contributed by atoms with Crippen LogP contribution in [-0.4, -0.2) is 37.4 Å². The van der Waals surface area contributed by atoms with Gasteiger partial charge in [-0.25, -0.2) is 0 Å². The van der Waals surface area contributed by atoms with Crippen LogP contribution in [0.1, 0.15) is 0 Å². The average Bonchev–Trinajstić information content (AvgIpc) is 2.48. The summed E-state index contributed by atoms with van der Waals surface area (Å²) in [6, 6.07) is 0. The minimum atomic E-state index is -1.01. The van der Waals surface area contributed by atoms with Crippen molar-refractivity contribution in [2.75, 3.05) is 6.61 Å². The van der Waals surface area contributed by atoms with Crippen molar-refractivity contribution in [3.8, 4) is 0 Å². The molecule has 0 aromatic carbocycles. The summed E-state index contributed by atoms with van der Waals surface area (Å²) in [7, 11) is 0. The van der Waals surface area contributed by atoms with Crippen LogP contribution in [0.2, 0.25) is 5.28 Å². The largest absolute Gasteiger partial charge is 0.394 e. The Morgan fingerprint density at radius 3 is 2.86 bits per heavy atom.